The maximum Gasteiger partial charge on any atom is 0.316 e. The summed E-state index contributed by atoms with van der Waals surface area (Å²) in [4.78, 5) is 24.4. The van der Waals surface area contributed by atoms with Gasteiger partial charge in [0.05, 0.1) is 6.61 Å². The van der Waals surface area contributed by atoms with Gasteiger partial charge in [0.15, 0.2) is 5.78 Å². The first-order chi connectivity index (χ1) is 9.06. The van der Waals surface area contributed by atoms with Gasteiger partial charge in [-0.05, 0) is 18.8 Å². The minimum atomic E-state index is -0.686. The fraction of sp³-hybridized carbons (Fsp3) is 0.500. The van der Waals surface area contributed by atoms with Gasteiger partial charge in [0, 0.05) is 5.56 Å². The van der Waals surface area contributed by atoms with Crippen molar-refractivity contribution in [3.8, 4) is 0 Å². The lowest BCUT2D eigenvalue weighted by Crippen LogP contribution is -2.28. The van der Waals surface area contributed by atoms with Crippen LogP contribution in [0.1, 0.15) is 44.0 Å². The molecule has 0 radical (unpaired) electrons. The molecule has 0 saturated carbocycles. The summed E-state index contributed by atoms with van der Waals surface area (Å²) in [6, 6.07) is 8.93. The number of benzene rings is 1. The van der Waals surface area contributed by atoms with E-state index in [2.05, 4.69) is 0 Å². The van der Waals surface area contributed by atoms with Gasteiger partial charge in [-0.15, -0.1) is 0 Å². The van der Waals surface area contributed by atoms with Crippen LogP contribution in [0.15, 0.2) is 30.3 Å². The second kappa shape index (κ2) is 7.72. The second-order valence-electron chi connectivity index (χ2n) is 5.08. The zero-order chi connectivity index (χ0) is 14.3. The van der Waals surface area contributed by atoms with Gasteiger partial charge in [0.1, 0.15) is 5.92 Å². The maximum absolute atomic E-state index is 12.4. The van der Waals surface area contributed by atoms with Crippen LogP contribution < -0.4 is 0 Å². The minimum Gasteiger partial charge on any atom is -0.465 e. The molecule has 104 valence electrons. The number of Topliss-reactive ketones (excluding diaryl/α,β-unsaturated/α-hetero) is 1. The molecular weight excluding hydrogens is 240 g/mol. The molecule has 3 nitrogen and oxygen atoms in total. The molecule has 0 heterocycles. The predicted octanol–water partition coefficient (Wildman–Crippen LogP) is 3.48. The first kappa shape index (κ1) is 15.4. The van der Waals surface area contributed by atoms with Gasteiger partial charge < -0.3 is 4.74 Å². The summed E-state index contributed by atoms with van der Waals surface area (Å²) >= 11 is 0. The first-order valence-corrected chi connectivity index (χ1v) is 6.82. The van der Waals surface area contributed by atoms with Crippen LogP contribution in [0.4, 0.5) is 0 Å². The standard InChI is InChI=1S/C16H22O3/c1-4-10-19-16(18)14(11-12(2)3)15(17)13-8-6-5-7-9-13/h5-9,12,14H,4,10-11H2,1-3H3. The highest BCUT2D eigenvalue weighted by molar-refractivity contribution is 6.08. The number of ketones is 1. The van der Waals surface area contributed by atoms with Crippen LogP contribution in [0.3, 0.4) is 0 Å². The first-order valence-electron chi connectivity index (χ1n) is 6.82. The average Bonchev–Trinajstić information content (AvgIpc) is 2.42. The van der Waals surface area contributed by atoms with Crippen LogP contribution in [-0.2, 0) is 9.53 Å². The van der Waals surface area contributed by atoms with Gasteiger partial charge in [-0.1, -0.05) is 51.1 Å². The molecule has 1 aromatic carbocycles. The highest BCUT2D eigenvalue weighted by Crippen LogP contribution is 2.19. The van der Waals surface area contributed by atoms with Crippen molar-refractivity contribution in [2.75, 3.05) is 6.61 Å². The van der Waals surface area contributed by atoms with Crippen molar-refractivity contribution < 1.29 is 14.3 Å². The molecule has 0 saturated heterocycles. The topological polar surface area (TPSA) is 43.4 Å². The van der Waals surface area contributed by atoms with Crippen LogP contribution >= 0.6 is 0 Å². The van der Waals surface area contributed by atoms with Crippen LogP contribution in [0.2, 0.25) is 0 Å². The average molecular weight is 262 g/mol. The molecule has 3 heteroatoms. The Balaban J connectivity index is 2.84. The van der Waals surface area contributed by atoms with Crippen LogP contribution in [0.25, 0.3) is 0 Å². The molecule has 1 atom stereocenters. The van der Waals surface area contributed by atoms with E-state index in [-0.39, 0.29) is 11.7 Å². The van der Waals surface area contributed by atoms with E-state index < -0.39 is 11.9 Å². The number of rotatable bonds is 7. The minimum absolute atomic E-state index is 0.143. The van der Waals surface area contributed by atoms with Gasteiger partial charge in [-0.25, -0.2) is 0 Å². The van der Waals surface area contributed by atoms with E-state index in [9.17, 15) is 9.59 Å². The molecular formula is C16H22O3. The summed E-state index contributed by atoms with van der Waals surface area (Å²) in [7, 11) is 0. The van der Waals surface area contributed by atoms with Gasteiger partial charge in [0.25, 0.3) is 0 Å². The normalized spacial score (nSPS) is 12.2. The molecule has 19 heavy (non-hydrogen) atoms. The number of hydrogen-bond donors (Lipinski definition) is 0. The lowest BCUT2D eigenvalue weighted by Gasteiger charge is -2.16. The third-order valence-electron chi connectivity index (χ3n) is 2.81. The summed E-state index contributed by atoms with van der Waals surface area (Å²) in [5.74, 6) is -0.958. The fourth-order valence-corrected chi connectivity index (χ4v) is 1.89. The van der Waals surface area contributed by atoms with Crippen molar-refractivity contribution in [3.05, 3.63) is 35.9 Å². The number of hydrogen-bond acceptors (Lipinski definition) is 3. The van der Waals surface area contributed by atoms with Gasteiger partial charge in [-0.3, -0.25) is 9.59 Å². The smallest absolute Gasteiger partial charge is 0.316 e. The summed E-state index contributed by atoms with van der Waals surface area (Å²) in [5.41, 5.74) is 0.571. The second-order valence-corrected chi connectivity index (χ2v) is 5.08. The molecule has 0 aliphatic heterocycles. The highest BCUT2D eigenvalue weighted by Gasteiger charge is 2.29. The third-order valence-corrected chi connectivity index (χ3v) is 2.81. The molecule has 0 aliphatic rings. The lowest BCUT2D eigenvalue weighted by atomic mass is 9.90. The Morgan fingerprint density at radius 3 is 2.32 bits per heavy atom. The van der Waals surface area contributed by atoms with Crippen molar-refractivity contribution in [2.24, 2.45) is 11.8 Å². The molecule has 0 N–H and O–H groups in total. The van der Waals surface area contributed by atoms with Gasteiger partial charge in [0.2, 0.25) is 0 Å². The van der Waals surface area contributed by atoms with E-state index in [1.165, 1.54) is 0 Å². The summed E-state index contributed by atoms with van der Waals surface area (Å²) in [6.45, 7) is 6.30. The quantitative estimate of drug-likeness (QED) is 0.429. The number of carbonyl (C=O) groups excluding carboxylic acids is 2. The Labute approximate surface area is 115 Å². The molecule has 0 aromatic heterocycles. The summed E-state index contributed by atoms with van der Waals surface area (Å²) < 4.78 is 5.14. The van der Waals surface area contributed by atoms with Crippen molar-refractivity contribution in [2.45, 2.75) is 33.6 Å². The Morgan fingerprint density at radius 1 is 1.16 bits per heavy atom. The summed E-state index contributed by atoms with van der Waals surface area (Å²) in [5, 5.41) is 0. The number of esters is 1. The van der Waals surface area contributed by atoms with Crippen LogP contribution in [0, 0.1) is 11.8 Å². The Kier molecular flexibility index (Phi) is 6.26. The number of ether oxygens (including phenoxy) is 1. The van der Waals surface area contributed by atoms with E-state index in [4.69, 9.17) is 4.74 Å². The SMILES string of the molecule is CCCOC(=O)C(CC(C)C)C(=O)c1ccccc1. The zero-order valence-electron chi connectivity index (χ0n) is 11.9. The lowest BCUT2D eigenvalue weighted by molar-refractivity contribution is -0.147. The Bertz CT molecular complexity index is 409. The molecule has 1 rings (SSSR count). The van der Waals surface area contributed by atoms with Crippen molar-refractivity contribution >= 4 is 11.8 Å². The predicted molar refractivity (Wildman–Crippen MR) is 75.0 cm³/mol. The van der Waals surface area contributed by atoms with Crippen LogP contribution in [0.5, 0.6) is 0 Å². The molecule has 0 spiro atoms. The molecule has 0 bridgehead atoms. The third kappa shape index (κ3) is 4.86. The molecule has 0 aliphatic carbocycles. The van der Waals surface area contributed by atoms with E-state index in [0.717, 1.165) is 6.42 Å². The van der Waals surface area contributed by atoms with E-state index in [0.29, 0.717) is 18.6 Å². The number of carbonyl (C=O) groups is 2. The largest absolute Gasteiger partial charge is 0.465 e. The van der Waals surface area contributed by atoms with Crippen molar-refractivity contribution in [1.82, 2.24) is 0 Å². The summed E-state index contributed by atoms with van der Waals surface area (Å²) in [6.07, 6.45) is 1.29. The molecule has 0 amide bonds. The van der Waals surface area contributed by atoms with E-state index in [1.54, 1.807) is 24.3 Å². The van der Waals surface area contributed by atoms with Gasteiger partial charge >= 0.3 is 5.97 Å². The van der Waals surface area contributed by atoms with Crippen LogP contribution in [-0.4, -0.2) is 18.4 Å². The molecule has 0 fully saturated rings. The Hall–Kier alpha value is -1.64. The van der Waals surface area contributed by atoms with Crippen molar-refractivity contribution in [3.63, 3.8) is 0 Å². The van der Waals surface area contributed by atoms with E-state index in [1.807, 2.05) is 26.8 Å². The van der Waals surface area contributed by atoms with Gasteiger partial charge in [-0.2, -0.15) is 0 Å². The van der Waals surface area contributed by atoms with E-state index >= 15 is 0 Å². The molecule has 1 unspecified atom stereocenters. The highest BCUT2D eigenvalue weighted by atomic mass is 16.5. The zero-order valence-corrected chi connectivity index (χ0v) is 11.9. The molecule has 1 aromatic rings. The maximum atomic E-state index is 12.4. The Morgan fingerprint density at radius 2 is 1.79 bits per heavy atom. The monoisotopic (exact) mass is 262 g/mol. The fourth-order valence-electron chi connectivity index (χ4n) is 1.89. The van der Waals surface area contributed by atoms with Crippen molar-refractivity contribution in [1.29, 1.82) is 0 Å².